The van der Waals surface area contributed by atoms with E-state index in [4.69, 9.17) is 0 Å². The monoisotopic (exact) mass is 202 g/mol. The maximum absolute atomic E-state index is 9.51. The lowest BCUT2D eigenvalue weighted by molar-refractivity contribution is 0.278. The number of hydrogen-bond donors (Lipinski definition) is 1. The fourth-order valence-corrected chi connectivity index (χ4v) is 2.28. The number of fused-ring (bicyclic) bond motifs is 1. The summed E-state index contributed by atoms with van der Waals surface area (Å²) in [5.74, 6) is 0. The van der Waals surface area contributed by atoms with Gasteiger partial charge in [0.25, 0.3) is 0 Å². The Morgan fingerprint density at radius 3 is 2.60 bits per heavy atom. The molecular formula is C14H18O. The molecule has 0 saturated heterocycles. The Kier molecular flexibility index (Phi) is 2.43. The van der Waals surface area contributed by atoms with Gasteiger partial charge in [0.1, 0.15) is 0 Å². The van der Waals surface area contributed by atoms with Crippen LogP contribution in [0, 0.1) is 0 Å². The molecule has 0 aromatic heterocycles. The molecule has 0 radical (unpaired) electrons. The highest BCUT2D eigenvalue weighted by atomic mass is 16.3. The predicted molar refractivity (Wildman–Crippen MR) is 63.8 cm³/mol. The Labute approximate surface area is 91.4 Å². The molecule has 2 rings (SSSR count). The van der Waals surface area contributed by atoms with Crippen LogP contribution in [0.15, 0.2) is 18.2 Å². The Morgan fingerprint density at radius 2 is 2.00 bits per heavy atom. The highest BCUT2D eigenvalue weighted by Crippen LogP contribution is 2.33. The van der Waals surface area contributed by atoms with E-state index in [0.717, 1.165) is 12.0 Å². The van der Waals surface area contributed by atoms with E-state index in [9.17, 15) is 5.11 Å². The first-order valence-corrected chi connectivity index (χ1v) is 5.46. The van der Waals surface area contributed by atoms with Gasteiger partial charge in [-0.1, -0.05) is 45.1 Å². The van der Waals surface area contributed by atoms with Gasteiger partial charge < -0.3 is 5.11 Å². The first-order chi connectivity index (χ1) is 7.04. The van der Waals surface area contributed by atoms with Crippen molar-refractivity contribution in [3.63, 3.8) is 0 Å². The van der Waals surface area contributed by atoms with Crippen molar-refractivity contribution in [3.05, 3.63) is 40.5 Å². The third-order valence-electron chi connectivity index (χ3n) is 3.04. The van der Waals surface area contributed by atoms with Gasteiger partial charge in [-0.05, 0) is 34.1 Å². The fourth-order valence-electron chi connectivity index (χ4n) is 2.28. The van der Waals surface area contributed by atoms with Crippen molar-refractivity contribution in [2.45, 2.75) is 39.2 Å². The lowest BCUT2D eigenvalue weighted by Gasteiger charge is -2.24. The Balaban J connectivity index is 2.63. The van der Waals surface area contributed by atoms with Gasteiger partial charge in [0.2, 0.25) is 0 Å². The number of benzene rings is 1. The summed E-state index contributed by atoms with van der Waals surface area (Å²) in [6, 6.07) is 4.35. The largest absolute Gasteiger partial charge is 0.392 e. The maximum atomic E-state index is 9.51. The lowest BCUT2D eigenvalue weighted by atomic mass is 9.81. The number of allylic oxidation sites excluding steroid dienone is 1. The fraction of sp³-hybridized carbons (Fsp3) is 0.429. The molecule has 0 amide bonds. The zero-order chi connectivity index (χ0) is 11.1. The molecule has 0 aliphatic heterocycles. The summed E-state index contributed by atoms with van der Waals surface area (Å²) in [5.41, 5.74) is 5.05. The molecule has 0 spiro atoms. The number of hydrogen-bond acceptors (Lipinski definition) is 1. The summed E-state index contributed by atoms with van der Waals surface area (Å²) in [7, 11) is 0. The Bertz CT molecular complexity index is 408. The highest BCUT2D eigenvalue weighted by molar-refractivity contribution is 5.65. The molecule has 80 valence electrons. The van der Waals surface area contributed by atoms with Crippen LogP contribution in [0.3, 0.4) is 0 Å². The molecule has 1 aromatic carbocycles. The molecule has 1 aromatic rings. The second-order valence-electron chi connectivity index (χ2n) is 5.18. The zero-order valence-electron chi connectivity index (χ0n) is 9.67. The van der Waals surface area contributed by atoms with Crippen molar-refractivity contribution >= 4 is 6.08 Å². The van der Waals surface area contributed by atoms with E-state index in [-0.39, 0.29) is 12.0 Å². The molecule has 0 heterocycles. The van der Waals surface area contributed by atoms with E-state index in [1.54, 1.807) is 0 Å². The van der Waals surface area contributed by atoms with Gasteiger partial charge in [0.15, 0.2) is 0 Å². The summed E-state index contributed by atoms with van der Waals surface area (Å²) < 4.78 is 0. The normalized spacial score (nSPS) is 14.4. The van der Waals surface area contributed by atoms with Crippen LogP contribution in [0.4, 0.5) is 0 Å². The molecule has 1 aliphatic carbocycles. The van der Waals surface area contributed by atoms with E-state index in [1.807, 2.05) is 0 Å². The third kappa shape index (κ3) is 1.72. The van der Waals surface area contributed by atoms with Crippen molar-refractivity contribution in [2.75, 3.05) is 0 Å². The van der Waals surface area contributed by atoms with E-state index in [0.29, 0.717) is 0 Å². The molecular weight excluding hydrogens is 184 g/mol. The maximum Gasteiger partial charge on any atom is 0.0690 e. The van der Waals surface area contributed by atoms with E-state index < -0.39 is 0 Å². The van der Waals surface area contributed by atoms with Crippen LogP contribution in [-0.4, -0.2) is 5.11 Å². The first kappa shape index (κ1) is 10.4. The minimum absolute atomic E-state index is 0.101. The number of aliphatic hydroxyl groups excluding tert-OH is 1. The van der Waals surface area contributed by atoms with Crippen LogP contribution >= 0.6 is 0 Å². The molecule has 1 nitrogen and oxygen atoms in total. The van der Waals surface area contributed by atoms with Crippen LogP contribution in [-0.2, 0) is 18.4 Å². The van der Waals surface area contributed by atoms with Crippen LogP contribution in [0.1, 0.15) is 43.0 Å². The quantitative estimate of drug-likeness (QED) is 0.742. The molecule has 1 heteroatoms. The van der Waals surface area contributed by atoms with Crippen LogP contribution in [0.25, 0.3) is 6.08 Å². The average Bonchev–Trinajstić information content (AvgIpc) is 2.61. The minimum atomic E-state index is 0.101. The van der Waals surface area contributed by atoms with Gasteiger partial charge in [-0.2, -0.15) is 0 Å². The summed E-state index contributed by atoms with van der Waals surface area (Å²) in [5, 5.41) is 9.51. The van der Waals surface area contributed by atoms with Crippen LogP contribution < -0.4 is 0 Å². The molecule has 0 saturated carbocycles. The standard InChI is InChI=1S/C14H18O/c1-14(2,3)13-8-7-10-5-4-6-11(10)12(13)9-15/h4,6-8,15H,5,9H2,1-3H3. The van der Waals surface area contributed by atoms with Gasteiger partial charge in [-0.3, -0.25) is 0 Å². The SMILES string of the molecule is CC(C)(C)c1ccc2c(c1CO)C=CC2. The smallest absolute Gasteiger partial charge is 0.0690 e. The topological polar surface area (TPSA) is 20.2 Å². The summed E-state index contributed by atoms with van der Waals surface area (Å²) in [4.78, 5) is 0. The number of aliphatic hydroxyl groups is 1. The Morgan fingerprint density at radius 1 is 1.27 bits per heavy atom. The van der Waals surface area contributed by atoms with Crippen molar-refractivity contribution in [2.24, 2.45) is 0 Å². The summed E-state index contributed by atoms with van der Waals surface area (Å²) in [6.07, 6.45) is 5.30. The van der Waals surface area contributed by atoms with E-state index in [2.05, 4.69) is 45.1 Å². The van der Waals surface area contributed by atoms with Gasteiger partial charge in [0.05, 0.1) is 6.61 Å². The molecule has 0 unspecified atom stereocenters. The van der Waals surface area contributed by atoms with Crippen molar-refractivity contribution in [3.8, 4) is 0 Å². The zero-order valence-corrected chi connectivity index (χ0v) is 9.67. The molecule has 0 fully saturated rings. The second kappa shape index (κ2) is 3.49. The minimum Gasteiger partial charge on any atom is -0.392 e. The Hall–Kier alpha value is -1.08. The van der Waals surface area contributed by atoms with Crippen molar-refractivity contribution < 1.29 is 5.11 Å². The van der Waals surface area contributed by atoms with Crippen molar-refractivity contribution in [1.29, 1.82) is 0 Å². The van der Waals surface area contributed by atoms with Crippen LogP contribution in [0.5, 0.6) is 0 Å². The molecule has 1 N–H and O–H groups in total. The molecule has 0 atom stereocenters. The second-order valence-corrected chi connectivity index (χ2v) is 5.18. The van der Waals surface area contributed by atoms with Gasteiger partial charge in [-0.25, -0.2) is 0 Å². The molecule has 1 aliphatic rings. The predicted octanol–water partition coefficient (Wildman–Crippen LogP) is 3.05. The third-order valence-corrected chi connectivity index (χ3v) is 3.04. The molecule has 0 bridgehead atoms. The number of rotatable bonds is 1. The van der Waals surface area contributed by atoms with E-state index in [1.165, 1.54) is 16.7 Å². The van der Waals surface area contributed by atoms with E-state index >= 15 is 0 Å². The van der Waals surface area contributed by atoms with Crippen LogP contribution in [0.2, 0.25) is 0 Å². The molecule has 15 heavy (non-hydrogen) atoms. The lowest BCUT2D eigenvalue weighted by Crippen LogP contribution is -2.15. The summed E-state index contributed by atoms with van der Waals surface area (Å²) in [6.45, 7) is 6.70. The van der Waals surface area contributed by atoms with Gasteiger partial charge in [-0.15, -0.1) is 0 Å². The first-order valence-electron chi connectivity index (χ1n) is 5.46. The van der Waals surface area contributed by atoms with Gasteiger partial charge >= 0.3 is 0 Å². The summed E-state index contributed by atoms with van der Waals surface area (Å²) >= 11 is 0. The van der Waals surface area contributed by atoms with Gasteiger partial charge in [0, 0.05) is 0 Å². The van der Waals surface area contributed by atoms with Crippen molar-refractivity contribution in [1.82, 2.24) is 0 Å². The highest BCUT2D eigenvalue weighted by Gasteiger charge is 2.21. The average molecular weight is 202 g/mol.